The number of benzene rings is 8. The van der Waals surface area contributed by atoms with Gasteiger partial charge in [0.2, 0.25) is 0 Å². The van der Waals surface area contributed by atoms with Crippen LogP contribution in [0.4, 0.5) is 0 Å². The van der Waals surface area contributed by atoms with Gasteiger partial charge in [0.1, 0.15) is 11.2 Å². The molecule has 57 heavy (non-hydrogen) atoms. The zero-order chi connectivity index (χ0) is 37.5. The van der Waals surface area contributed by atoms with E-state index in [0.717, 1.165) is 49.9 Å². The third-order valence-corrected chi connectivity index (χ3v) is 12.2. The standard InChI is InChI=1S/C51H30N4OS/c1-3-12-31(13-4-1)49-52-50(32-14-5-2-6-15-32)54-51(53-49)34-23-26-40-39-25-22-33(28-44(39)56-45(40)29-34)36-18-11-21-47-48(36)41-30-35(24-27-46(41)57-47)55-42-19-9-7-16-37(42)38-17-8-10-20-43(38)55/h1-30H. The van der Waals surface area contributed by atoms with E-state index in [0.29, 0.717) is 17.5 Å². The van der Waals surface area contributed by atoms with Crippen molar-refractivity contribution in [3.8, 4) is 51.0 Å². The molecule has 12 aromatic rings. The first-order chi connectivity index (χ1) is 28.2. The molecule has 0 saturated carbocycles. The fourth-order valence-electron chi connectivity index (χ4n) is 8.42. The summed E-state index contributed by atoms with van der Waals surface area (Å²) in [4.78, 5) is 14.8. The van der Waals surface area contributed by atoms with Crippen LogP contribution < -0.4 is 0 Å². The largest absolute Gasteiger partial charge is 0.456 e. The summed E-state index contributed by atoms with van der Waals surface area (Å²) in [5.74, 6) is 1.86. The number of hydrogen-bond donors (Lipinski definition) is 0. The van der Waals surface area contributed by atoms with Gasteiger partial charge >= 0.3 is 0 Å². The lowest BCUT2D eigenvalue weighted by Crippen LogP contribution is -2.00. The molecule has 0 N–H and O–H groups in total. The fourth-order valence-corrected chi connectivity index (χ4v) is 9.53. The van der Waals surface area contributed by atoms with E-state index >= 15 is 0 Å². The van der Waals surface area contributed by atoms with Crippen molar-refractivity contribution in [2.45, 2.75) is 0 Å². The fraction of sp³-hybridized carbons (Fsp3) is 0. The van der Waals surface area contributed by atoms with Crippen LogP contribution in [0.5, 0.6) is 0 Å². The van der Waals surface area contributed by atoms with Crippen molar-refractivity contribution < 1.29 is 4.42 Å². The molecule has 12 rings (SSSR count). The molecule has 6 heteroatoms. The minimum atomic E-state index is 0.599. The average Bonchev–Trinajstić information content (AvgIpc) is 3.95. The molecule has 0 unspecified atom stereocenters. The van der Waals surface area contributed by atoms with Gasteiger partial charge < -0.3 is 8.98 Å². The molecule has 4 aromatic heterocycles. The van der Waals surface area contributed by atoms with Crippen LogP contribution in [0.3, 0.4) is 0 Å². The molecule has 0 amide bonds. The zero-order valence-corrected chi connectivity index (χ0v) is 31.2. The first-order valence-electron chi connectivity index (χ1n) is 19.0. The smallest absolute Gasteiger partial charge is 0.164 e. The third-order valence-electron chi connectivity index (χ3n) is 11.1. The Labute approximate surface area is 330 Å². The van der Waals surface area contributed by atoms with Gasteiger partial charge in [0.25, 0.3) is 0 Å². The summed E-state index contributed by atoms with van der Waals surface area (Å²) >= 11 is 1.84. The maximum atomic E-state index is 6.67. The van der Waals surface area contributed by atoms with Crippen LogP contribution >= 0.6 is 11.3 Å². The van der Waals surface area contributed by atoms with E-state index in [-0.39, 0.29) is 0 Å². The summed E-state index contributed by atoms with van der Waals surface area (Å²) < 4.78 is 11.6. The molecular formula is C51H30N4OS. The monoisotopic (exact) mass is 746 g/mol. The highest BCUT2D eigenvalue weighted by atomic mass is 32.1. The number of nitrogens with zero attached hydrogens (tertiary/aromatic N) is 4. The molecule has 5 nitrogen and oxygen atoms in total. The minimum Gasteiger partial charge on any atom is -0.456 e. The number of rotatable bonds is 5. The number of para-hydroxylation sites is 2. The van der Waals surface area contributed by atoms with Gasteiger partial charge in [-0.2, -0.15) is 0 Å². The molecule has 4 heterocycles. The van der Waals surface area contributed by atoms with E-state index in [1.165, 1.54) is 47.5 Å². The minimum absolute atomic E-state index is 0.599. The zero-order valence-electron chi connectivity index (χ0n) is 30.4. The van der Waals surface area contributed by atoms with Gasteiger partial charge in [-0.15, -0.1) is 11.3 Å². The van der Waals surface area contributed by atoms with E-state index in [4.69, 9.17) is 19.4 Å². The normalized spacial score (nSPS) is 11.9. The molecule has 266 valence electrons. The van der Waals surface area contributed by atoms with Crippen molar-refractivity contribution in [1.82, 2.24) is 19.5 Å². The van der Waals surface area contributed by atoms with Gasteiger partial charge in [-0.25, -0.2) is 15.0 Å². The van der Waals surface area contributed by atoms with Crippen LogP contribution in [0.2, 0.25) is 0 Å². The summed E-state index contributed by atoms with van der Waals surface area (Å²) in [6, 6.07) is 63.9. The lowest BCUT2D eigenvalue weighted by Gasteiger charge is -2.09. The Morgan fingerprint density at radius 1 is 0.386 bits per heavy atom. The second-order valence-corrected chi connectivity index (χ2v) is 15.5. The van der Waals surface area contributed by atoms with Gasteiger partial charge in [0.15, 0.2) is 17.5 Å². The van der Waals surface area contributed by atoms with Gasteiger partial charge in [0.05, 0.1) is 11.0 Å². The summed E-state index contributed by atoms with van der Waals surface area (Å²) in [6.07, 6.45) is 0. The Balaban J connectivity index is 0.982. The molecule has 0 aliphatic carbocycles. The van der Waals surface area contributed by atoms with Crippen LogP contribution in [0, 0.1) is 0 Å². The van der Waals surface area contributed by atoms with Gasteiger partial charge in [0, 0.05) is 64.1 Å². The van der Waals surface area contributed by atoms with Crippen molar-refractivity contribution >= 4 is 75.3 Å². The number of aromatic nitrogens is 4. The van der Waals surface area contributed by atoms with E-state index in [9.17, 15) is 0 Å². The lowest BCUT2D eigenvalue weighted by molar-refractivity contribution is 0.669. The third kappa shape index (κ3) is 5.12. The summed E-state index contributed by atoms with van der Waals surface area (Å²) in [5.41, 5.74) is 10.2. The topological polar surface area (TPSA) is 56.7 Å². The second-order valence-electron chi connectivity index (χ2n) is 14.4. The Morgan fingerprint density at radius 3 is 1.60 bits per heavy atom. The molecule has 0 atom stereocenters. The van der Waals surface area contributed by atoms with Crippen molar-refractivity contribution in [3.05, 3.63) is 182 Å². The average molecular weight is 747 g/mol. The highest BCUT2D eigenvalue weighted by Gasteiger charge is 2.18. The molecule has 8 aromatic carbocycles. The molecule has 0 saturated heterocycles. The van der Waals surface area contributed by atoms with Crippen LogP contribution in [0.1, 0.15) is 0 Å². The predicted octanol–water partition coefficient (Wildman–Crippen LogP) is 13.9. The van der Waals surface area contributed by atoms with E-state index in [1.54, 1.807) is 0 Å². The predicted molar refractivity (Wildman–Crippen MR) is 236 cm³/mol. The Hall–Kier alpha value is -7.41. The molecule has 0 bridgehead atoms. The van der Waals surface area contributed by atoms with Crippen molar-refractivity contribution in [1.29, 1.82) is 0 Å². The molecule has 0 radical (unpaired) electrons. The Morgan fingerprint density at radius 2 is 0.947 bits per heavy atom. The summed E-state index contributed by atoms with van der Waals surface area (Å²) in [7, 11) is 0. The number of hydrogen-bond acceptors (Lipinski definition) is 5. The lowest BCUT2D eigenvalue weighted by atomic mass is 9.98. The van der Waals surface area contributed by atoms with E-state index in [2.05, 4.69) is 126 Å². The molecular weight excluding hydrogens is 717 g/mol. The van der Waals surface area contributed by atoms with Gasteiger partial charge in [-0.05, 0) is 71.8 Å². The molecule has 0 spiro atoms. The van der Waals surface area contributed by atoms with Crippen LogP contribution in [0.15, 0.2) is 186 Å². The number of fused-ring (bicyclic) bond motifs is 9. The maximum absolute atomic E-state index is 6.67. The summed E-state index contributed by atoms with van der Waals surface area (Å²) in [6.45, 7) is 0. The number of thiophene rings is 1. The highest BCUT2D eigenvalue weighted by molar-refractivity contribution is 7.26. The second kappa shape index (κ2) is 12.6. The van der Waals surface area contributed by atoms with E-state index < -0.39 is 0 Å². The van der Waals surface area contributed by atoms with Crippen LogP contribution in [-0.2, 0) is 0 Å². The Kier molecular flexibility index (Phi) is 7.03. The molecule has 0 aliphatic rings. The van der Waals surface area contributed by atoms with Crippen LogP contribution in [-0.4, -0.2) is 19.5 Å². The highest BCUT2D eigenvalue weighted by Crippen LogP contribution is 2.43. The van der Waals surface area contributed by atoms with Crippen molar-refractivity contribution in [3.63, 3.8) is 0 Å². The Bertz CT molecular complexity index is 3420. The quantitative estimate of drug-likeness (QED) is 0.176. The molecule has 0 aliphatic heterocycles. The molecule has 0 fully saturated rings. The SMILES string of the molecule is c1ccc(-c2nc(-c3ccccc3)nc(-c3ccc4c(c3)oc3cc(-c5cccc6sc7ccc(-n8c9ccccc9c9ccccc98)cc7c56)ccc34)n2)cc1. The van der Waals surface area contributed by atoms with Gasteiger partial charge in [-0.1, -0.05) is 121 Å². The van der Waals surface area contributed by atoms with Gasteiger partial charge in [-0.3, -0.25) is 0 Å². The van der Waals surface area contributed by atoms with Crippen LogP contribution in [0.25, 0.3) is 115 Å². The van der Waals surface area contributed by atoms with Crippen molar-refractivity contribution in [2.75, 3.05) is 0 Å². The summed E-state index contributed by atoms with van der Waals surface area (Å²) in [5, 5.41) is 7.16. The van der Waals surface area contributed by atoms with E-state index in [1.807, 2.05) is 72.0 Å². The van der Waals surface area contributed by atoms with Crippen molar-refractivity contribution in [2.24, 2.45) is 0 Å². The number of furan rings is 1. The first kappa shape index (κ1) is 31.9. The first-order valence-corrected chi connectivity index (χ1v) is 19.8. The maximum Gasteiger partial charge on any atom is 0.164 e.